The number of nitrogens with zero attached hydrogens (tertiary/aromatic N) is 1. The van der Waals surface area contributed by atoms with Crippen molar-refractivity contribution in [3.05, 3.63) is 82.1 Å². The summed E-state index contributed by atoms with van der Waals surface area (Å²) in [6.45, 7) is 5.20. The Hall–Kier alpha value is -3.21. The van der Waals surface area contributed by atoms with E-state index < -0.39 is 17.7 Å². The number of hydrogen-bond donors (Lipinski definition) is 1. The van der Waals surface area contributed by atoms with Gasteiger partial charge in [-0.1, -0.05) is 54.1 Å². The predicted molar refractivity (Wildman–Crippen MR) is 106 cm³/mol. The highest BCUT2D eigenvalue weighted by molar-refractivity contribution is 6.08. The fraction of sp³-hybridized carbons (Fsp3) is 0.261. The summed E-state index contributed by atoms with van der Waals surface area (Å²) in [6.07, 6.45) is 0.605. The van der Waals surface area contributed by atoms with E-state index >= 15 is 0 Å². The van der Waals surface area contributed by atoms with Gasteiger partial charge >= 0.3 is 0 Å². The zero-order valence-electron chi connectivity index (χ0n) is 16.2. The summed E-state index contributed by atoms with van der Waals surface area (Å²) in [7, 11) is 0. The Labute approximate surface area is 164 Å². The highest BCUT2D eigenvalue weighted by atomic mass is 16.3. The molecule has 0 bridgehead atoms. The minimum Gasteiger partial charge on any atom is -0.503 e. The van der Waals surface area contributed by atoms with Gasteiger partial charge in [0.1, 0.15) is 0 Å². The third-order valence-corrected chi connectivity index (χ3v) is 5.04. The zero-order valence-corrected chi connectivity index (χ0v) is 16.2. The van der Waals surface area contributed by atoms with Gasteiger partial charge in [0, 0.05) is 12.1 Å². The number of aryl methyl sites for hydroxylation is 1. The van der Waals surface area contributed by atoms with Crippen LogP contribution in [0.5, 0.6) is 0 Å². The average molecular weight is 377 g/mol. The van der Waals surface area contributed by atoms with Gasteiger partial charge in [0.15, 0.2) is 17.3 Å². The molecule has 0 aliphatic carbocycles. The maximum absolute atomic E-state index is 12.7. The summed E-state index contributed by atoms with van der Waals surface area (Å²) in [6, 6.07) is 14.2. The molecule has 3 rings (SSSR count). The van der Waals surface area contributed by atoms with Crippen LogP contribution in [0.4, 0.5) is 0 Å². The van der Waals surface area contributed by atoms with Gasteiger partial charge < -0.3 is 10.0 Å². The molecule has 1 N–H and O–H groups in total. The van der Waals surface area contributed by atoms with Gasteiger partial charge in [-0.2, -0.15) is 0 Å². The van der Waals surface area contributed by atoms with E-state index in [0.29, 0.717) is 24.1 Å². The minimum absolute atomic E-state index is 0.0597. The molecule has 5 heteroatoms. The number of hydrogen-bond acceptors (Lipinski definition) is 4. The zero-order chi connectivity index (χ0) is 20.4. The Morgan fingerprint density at radius 1 is 1.04 bits per heavy atom. The largest absolute Gasteiger partial charge is 0.503 e. The van der Waals surface area contributed by atoms with Gasteiger partial charge in [0.05, 0.1) is 11.6 Å². The number of ketones is 2. The van der Waals surface area contributed by atoms with Gasteiger partial charge in [0.2, 0.25) is 0 Å². The highest BCUT2D eigenvalue weighted by Gasteiger charge is 2.42. The molecule has 28 heavy (non-hydrogen) atoms. The van der Waals surface area contributed by atoms with Crippen LogP contribution in [0.3, 0.4) is 0 Å². The van der Waals surface area contributed by atoms with E-state index in [4.69, 9.17) is 0 Å². The fourth-order valence-corrected chi connectivity index (χ4v) is 3.61. The minimum atomic E-state index is -0.657. The Bertz CT molecular complexity index is 972. The summed E-state index contributed by atoms with van der Waals surface area (Å²) in [5.41, 5.74) is 3.56. The number of carbonyl (C=O) groups is 3. The Kier molecular flexibility index (Phi) is 5.45. The van der Waals surface area contributed by atoms with E-state index in [1.54, 1.807) is 24.3 Å². The van der Waals surface area contributed by atoms with Crippen LogP contribution in [0.15, 0.2) is 59.9 Å². The molecule has 1 atom stereocenters. The molecule has 5 nitrogen and oxygen atoms in total. The van der Waals surface area contributed by atoms with Crippen molar-refractivity contribution in [1.29, 1.82) is 0 Å². The Morgan fingerprint density at radius 2 is 1.71 bits per heavy atom. The van der Waals surface area contributed by atoms with Crippen molar-refractivity contribution in [3.8, 4) is 0 Å². The number of rotatable bonds is 6. The van der Waals surface area contributed by atoms with Crippen molar-refractivity contribution in [1.82, 2.24) is 4.90 Å². The van der Waals surface area contributed by atoms with E-state index in [2.05, 4.69) is 6.07 Å². The summed E-state index contributed by atoms with van der Waals surface area (Å²) in [5, 5.41) is 10.3. The number of amides is 1. The van der Waals surface area contributed by atoms with E-state index in [1.165, 1.54) is 18.7 Å². The van der Waals surface area contributed by atoms with Crippen LogP contribution in [0.1, 0.15) is 46.9 Å². The topological polar surface area (TPSA) is 74.7 Å². The van der Waals surface area contributed by atoms with E-state index in [0.717, 1.165) is 11.1 Å². The van der Waals surface area contributed by atoms with E-state index in [9.17, 15) is 19.5 Å². The molecule has 1 unspecified atom stereocenters. The molecule has 0 aromatic heterocycles. The lowest BCUT2D eigenvalue weighted by atomic mass is 9.95. The fourth-order valence-electron chi connectivity index (χ4n) is 3.61. The second kappa shape index (κ2) is 7.80. The van der Waals surface area contributed by atoms with Crippen molar-refractivity contribution in [2.24, 2.45) is 0 Å². The first kappa shape index (κ1) is 19.5. The SMILES string of the molecule is CC(=O)C1=C(O)C(=O)N(CCc2cccc(C)c2)C1c1ccc(C(C)=O)cc1. The molecule has 0 radical (unpaired) electrons. The monoisotopic (exact) mass is 377 g/mol. The van der Waals surface area contributed by atoms with Crippen LogP contribution in [0, 0.1) is 6.92 Å². The summed E-state index contributed by atoms with van der Waals surface area (Å²) >= 11 is 0. The maximum atomic E-state index is 12.7. The predicted octanol–water partition coefficient (Wildman–Crippen LogP) is 3.72. The lowest BCUT2D eigenvalue weighted by molar-refractivity contribution is -0.129. The third-order valence-electron chi connectivity index (χ3n) is 5.04. The van der Waals surface area contributed by atoms with Crippen LogP contribution >= 0.6 is 0 Å². The standard InChI is InChI=1S/C23H23NO4/c1-14-5-4-6-17(13-14)11-12-24-21(20(16(3)26)22(27)23(24)28)19-9-7-18(8-10-19)15(2)25/h4-10,13,21,27H,11-12H2,1-3H3. The van der Waals surface area contributed by atoms with Crippen molar-refractivity contribution in [2.45, 2.75) is 33.2 Å². The number of aliphatic hydroxyl groups is 1. The van der Waals surface area contributed by atoms with Crippen LogP contribution in [-0.2, 0) is 16.0 Å². The normalized spacial score (nSPS) is 16.6. The molecular formula is C23H23NO4. The molecule has 0 fully saturated rings. The molecule has 144 valence electrons. The molecule has 2 aromatic carbocycles. The smallest absolute Gasteiger partial charge is 0.290 e. The summed E-state index contributed by atoms with van der Waals surface area (Å²) < 4.78 is 0. The number of aliphatic hydroxyl groups excluding tert-OH is 1. The van der Waals surface area contributed by atoms with Crippen LogP contribution in [0.2, 0.25) is 0 Å². The quantitative estimate of drug-likeness (QED) is 0.779. The number of carbonyl (C=O) groups excluding carboxylic acids is 3. The Morgan fingerprint density at radius 3 is 2.29 bits per heavy atom. The highest BCUT2D eigenvalue weighted by Crippen LogP contribution is 2.37. The molecule has 0 spiro atoms. The average Bonchev–Trinajstić information content (AvgIpc) is 2.91. The first-order valence-corrected chi connectivity index (χ1v) is 9.21. The Balaban J connectivity index is 1.94. The van der Waals surface area contributed by atoms with Gasteiger partial charge in [0.25, 0.3) is 5.91 Å². The second-order valence-electron chi connectivity index (χ2n) is 7.14. The van der Waals surface area contributed by atoms with Crippen molar-refractivity contribution in [2.75, 3.05) is 6.54 Å². The van der Waals surface area contributed by atoms with Crippen molar-refractivity contribution in [3.63, 3.8) is 0 Å². The second-order valence-corrected chi connectivity index (χ2v) is 7.14. The molecule has 1 heterocycles. The lowest BCUT2D eigenvalue weighted by Gasteiger charge is -2.27. The van der Waals surface area contributed by atoms with E-state index in [1.807, 2.05) is 25.1 Å². The third kappa shape index (κ3) is 3.74. The maximum Gasteiger partial charge on any atom is 0.290 e. The van der Waals surface area contributed by atoms with Gasteiger partial charge in [-0.05, 0) is 38.3 Å². The van der Waals surface area contributed by atoms with E-state index in [-0.39, 0.29) is 17.1 Å². The molecular weight excluding hydrogens is 354 g/mol. The number of Topliss-reactive ketones (excluding diaryl/α,β-unsaturated/α-hetero) is 2. The van der Waals surface area contributed by atoms with Crippen LogP contribution in [-0.4, -0.2) is 34.0 Å². The van der Waals surface area contributed by atoms with Gasteiger partial charge in [-0.25, -0.2) is 0 Å². The first-order chi connectivity index (χ1) is 13.3. The van der Waals surface area contributed by atoms with Crippen LogP contribution < -0.4 is 0 Å². The van der Waals surface area contributed by atoms with Crippen LogP contribution in [0.25, 0.3) is 0 Å². The molecule has 0 saturated heterocycles. The molecule has 1 aliphatic rings. The van der Waals surface area contributed by atoms with Gasteiger partial charge in [-0.3, -0.25) is 14.4 Å². The lowest BCUT2D eigenvalue weighted by Crippen LogP contribution is -2.33. The first-order valence-electron chi connectivity index (χ1n) is 9.21. The van der Waals surface area contributed by atoms with Gasteiger partial charge in [-0.15, -0.1) is 0 Å². The molecule has 0 saturated carbocycles. The van der Waals surface area contributed by atoms with Crippen molar-refractivity contribution < 1.29 is 19.5 Å². The summed E-state index contributed by atoms with van der Waals surface area (Å²) in [4.78, 5) is 37.9. The molecule has 1 amide bonds. The number of benzene rings is 2. The molecule has 2 aromatic rings. The summed E-state index contributed by atoms with van der Waals surface area (Å²) in [5.74, 6) is -1.43. The van der Waals surface area contributed by atoms with Crippen molar-refractivity contribution >= 4 is 17.5 Å². The molecule has 1 aliphatic heterocycles.